The van der Waals surface area contributed by atoms with Crippen molar-refractivity contribution in [3.8, 4) is 0 Å². The summed E-state index contributed by atoms with van der Waals surface area (Å²) in [5.41, 5.74) is 0.893. The summed E-state index contributed by atoms with van der Waals surface area (Å²) in [5, 5.41) is 0. The van der Waals surface area contributed by atoms with Gasteiger partial charge < -0.3 is 0 Å². The Hall–Kier alpha value is -0.370. The van der Waals surface area contributed by atoms with Crippen LogP contribution in [-0.2, 0) is 12.1 Å². The SMILES string of the molecule is CC1(F)CCCc2c(Br)cccc21. The molecule has 0 aliphatic heterocycles. The lowest BCUT2D eigenvalue weighted by Gasteiger charge is -2.29. The van der Waals surface area contributed by atoms with Crippen LogP contribution >= 0.6 is 15.9 Å². The second-order valence-corrected chi connectivity index (χ2v) is 4.67. The van der Waals surface area contributed by atoms with Crippen LogP contribution in [0.5, 0.6) is 0 Å². The van der Waals surface area contributed by atoms with Gasteiger partial charge in [-0.05, 0) is 43.4 Å². The summed E-state index contributed by atoms with van der Waals surface area (Å²) in [7, 11) is 0. The maximum absolute atomic E-state index is 14.0. The van der Waals surface area contributed by atoms with Crippen LogP contribution in [0.25, 0.3) is 0 Å². The van der Waals surface area contributed by atoms with Crippen molar-refractivity contribution in [1.29, 1.82) is 0 Å². The number of hydrogen-bond donors (Lipinski definition) is 0. The Bertz CT molecular complexity index is 331. The summed E-state index contributed by atoms with van der Waals surface area (Å²) in [5.74, 6) is 0. The largest absolute Gasteiger partial charge is 0.239 e. The van der Waals surface area contributed by atoms with Gasteiger partial charge in [-0.15, -0.1) is 0 Å². The molecule has 0 bridgehead atoms. The first-order valence-corrected chi connectivity index (χ1v) is 5.37. The van der Waals surface area contributed by atoms with Crippen molar-refractivity contribution in [2.75, 3.05) is 0 Å². The van der Waals surface area contributed by atoms with Gasteiger partial charge in [-0.1, -0.05) is 28.1 Å². The molecule has 0 heterocycles. The minimum absolute atomic E-state index is 0.649. The summed E-state index contributed by atoms with van der Waals surface area (Å²) >= 11 is 3.47. The highest BCUT2D eigenvalue weighted by atomic mass is 79.9. The van der Waals surface area contributed by atoms with Gasteiger partial charge in [-0.3, -0.25) is 0 Å². The molecular formula is C11H12BrF. The van der Waals surface area contributed by atoms with Gasteiger partial charge in [0, 0.05) is 4.47 Å². The van der Waals surface area contributed by atoms with Gasteiger partial charge >= 0.3 is 0 Å². The summed E-state index contributed by atoms with van der Waals surface area (Å²) in [6.45, 7) is 1.68. The zero-order valence-corrected chi connectivity index (χ0v) is 9.20. The van der Waals surface area contributed by atoms with E-state index in [1.165, 1.54) is 0 Å². The predicted octanol–water partition coefficient (Wildman–Crippen LogP) is 3.97. The molecule has 1 aliphatic rings. The predicted molar refractivity (Wildman–Crippen MR) is 55.5 cm³/mol. The molecule has 0 saturated heterocycles. The molecule has 1 unspecified atom stereocenters. The molecule has 1 aliphatic carbocycles. The molecular weight excluding hydrogens is 231 g/mol. The van der Waals surface area contributed by atoms with E-state index in [0.717, 1.165) is 28.4 Å². The topological polar surface area (TPSA) is 0 Å². The van der Waals surface area contributed by atoms with Crippen molar-refractivity contribution < 1.29 is 4.39 Å². The Kier molecular flexibility index (Phi) is 2.18. The number of halogens is 2. The van der Waals surface area contributed by atoms with Crippen molar-refractivity contribution in [2.45, 2.75) is 31.9 Å². The van der Waals surface area contributed by atoms with E-state index in [1.807, 2.05) is 18.2 Å². The minimum atomic E-state index is -1.13. The zero-order valence-electron chi connectivity index (χ0n) is 7.61. The number of hydrogen-bond acceptors (Lipinski definition) is 0. The van der Waals surface area contributed by atoms with Crippen LogP contribution in [0.2, 0.25) is 0 Å². The van der Waals surface area contributed by atoms with Crippen molar-refractivity contribution in [3.05, 3.63) is 33.8 Å². The molecule has 0 radical (unpaired) electrons. The van der Waals surface area contributed by atoms with E-state index < -0.39 is 5.67 Å². The lowest BCUT2D eigenvalue weighted by molar-refractivity contribution is 0.162. The molecule has 13 heavy (non-hydrogen) atoms. The van der Waals surface area contributed by atoms with Crippen LogP contribution in [0.4, 0.5) is 4.39 Å². The van der Waals surface area contributed by atoms with Gasteiger partial charge in [-0.25, -0.2) is 4.39 Å². The standard InChI is InChI=1S/C11H12BrF/c1-11(13)7-3-4-8-9(11)5-2-6-10(8)12/h2,5-6H,3-4,7H2,1H3. The van der Waals surface area contributed by atoms with E-state index in [9.17, 15) is 4.39 Å². The molecule has 0 fully saturated rings. The first-order chi connectivity index (χ1) is 6.11. The molecule has 1 aromatic carbocycles. The van der Waals surface area contributed by atoms with Crippen molar-refractivity contribution >= 4 is 15.9 Å². The monoisotopic (exact) mass is 242 g/mol. The second-order valence-electron chi connectivity index (χ2n) is 3.82. The molecule has 0 aromatic heterocycles. The molecule has 2 rings (SSSR count). The van der Waals surface area contributed by atoms with Gasteiger partial charge in [0.25, 0.3) is 0 Å². The van der Waals surface area contributed by atoms with E-state index in [1.54, 1.807) is 6.92 Å². The van der Waals surface area contributed by atoms with Crippen molar-refractivity contribution in [3.63, 3.8) is 0 Å². The van der Waals surface area contributed by atoms with Crippen LogP contribution in [0.1, 0.15) is 30.9 Å². The Morgan fingerprint density at radius 3 is 2.92 bits per heavy atom. The maximum atomic E-state index is 14.0. The number of benzene rings is 1. The Morgan fingerprint density at radius 2 is 2.23 bits per heavy atom. The van der Waals surface area contributed by atoms with E-state index in [4.69, 9.17) is 0 Å². The lowest BCUT2D eigenvalue weighted by atomic mass is 9.82. The molecule has 0 N–H and O–H groups in total. The summed E-state index contributed by atoms with van der Waals surface area (Å²) in [6, 6.07) is 5.80. The zero-order chi connectivity index (χ0) is 9.47. The summed E-state index contributed by atoms with van der Waals surface area (Å²) in [4.78, 5) is 0. The maximum Gasteiger partial charge on any atom is 0.133 e. The highest BCUT2D eigenvalue weighted by molar-refractivity contribution is 9.10. The van der Waals surface area contributed by atoms with E-state index in [0.29, 0.717) is 6.42 Å². The molecule has 0 nitrogen and oxygen atoms in total. The first-order valence-electron chi connectivity index (χ1n) is 4.58. The summed E-state index contributed by atoms with van der Waals surface area (Å²) < 4.78 is 15.1. The Balaban J connectivity index is 2.58. The quantitative estimate of drug-likeness (QED) is 0.646. The lowest BCUT2D eigenvalue weighted by Crippen LogP contribution is -2.22. The summed E-state index contributed by atoms with van der Waals surface area (Å²) in [6.07, 6.45) is 2.59. The van der Waals surface area contributed by atoms with Crippen LogP contribution < -0.4 is 0 Å². The van der Waals surface area contributed by atoms with Gasteiger partial charge in [0.1, 0.15) is 5.67 Å². The van der Waals surface area contributed by atoms with Crippen LogP contribution in [0.3, 0.4) is 0 Å². The Labute approximate surface area is 86.3 Å². The molecule has 1 atom stereocenters. The van der Waals surface area contributed by atoms with Crippen LogP contribution in [0, 0.1) is 0 Å². The molecule has 0 spiro atoms. The highest BCUT2D eigenvalue weighted by Crippen LogP contribution is 2.40. The Morgan fingerprint density at radius 1 is 1.46 bits per heavy atom. The third-order valence-corrected chi connectivity index (χ3v) is 3.50. The fraction of sp³-hybridized carbons (Fsp3) is 0.455. The fourth-order valence-electron chi connectivity index (χ4n) is 2.03. The normalized spacial score (nSPS) is 27.0. The second kappa shape index (κ2) is 3.09. The third-order valence-electron chi connectivity index (χ3n) is 2.75. The smallest absolute Gasteiger partial charge is 0.133 e. The molecule has 0 saturated carbocycles. The third kappa shape index (κ3) is 1.52. The van der Waals surface area contributed by atoms with Crippen LogP contribution in [-0.4, -0.2) is 0 Å². The number of rotatable bonds is 0. The van der Waals surface area contributed by atoms with Gasteiger partial charge in [0.2, 0.25) is 0 Å². The first kappa shape index (κ1) is 9.20. The van der Waals surface area contributed by atoms with E-state index >= 15 is 0 Å². The average Bonchev–Trinajstić information content (AvgIpc) is 2.06. The van der Waals surface area contributed by atoms with E-state index in [2.05, 4.69) is 15.9 Å². The van der Waals surface area contributed by atoms with Crippen LogP contribution in [0.15, 0.2) is 22.7 Å². The van der Waals surface area contributed by atoms with Crippen molar-refractivity contribution in [2.24, 2.45) is 0 Å². The van der Waals surface area contributed by atoms with Crippen molar-refractivity contribution in [1.82, 2.24) is 0 Å². The van der Waals surface area contributed by atoms with Gasteiger partial charge in [0.15, 0.2) is 0 Å². The number of alkyl halides is 1. The molecule has 1 aromatic rings. The minimum Gasteiger partial charge on any atom is -0.239 e. The fourth-order valence-corrected chi connectivity index (χ4v) is 2.60. The molecule has 0 amide bonds. The van der Waals surface area contributed by atoms with E-state index in [-0.39, 0.29) is 0 Å². The van der Waals surface area contributed by atoms with Gasteiger partial charge in [0.05, 0.1) is 0 Å². The highest BCUT2D eigenvalue weighted by Gasteiger charge is 2.32. The molecule has 70 valence electrons. The number of fused-ring (bicyclic) bond motifs is 1. The molecule has 2 heteroatoms. The average molecular weight is 243 g/mol. The van der Waals surface area contributed by atoms with Gasteiger partial charge in [-0.2, -0.15) is 0 Å².